The van der Waals surface area contributed by atoms with E-state index >= 15 is 0 Å². The summed E-state index contributed by atoms with van der Waals surface area (Å²) in [4.78, 5) is 89.5. The Bertz CT molecular complexity index is 1710. The number of amides is 3. The average molecular weight is 612 g/mol. The van der Waals surface area contributed by atoms with Crippen LogP contribution in [0.15, 0.2) is 24.3 Å². The number of aromatic hydroxyl groups is 1. The molecule has 15 nitrogen and oxygen atoms in total. The van der Waals surface area contributed by atoms with Crippen LogP contribution in [-0.2, 0) is 25.6 Å². The van der Waals surface area contributed by atoms with E-state index in [0.29, 0.717) is 11.3 Å². The number of rotatable bonds is 5. The van der Waals surface area contributed by atoms with Gasteiger partial charge in [-0.1, -0.05) is 0 Å². The predicted molar refractivity (Wildman–Crippen MR) is 149 cm³/mol. The van der Waals surface area contributed by atoms with Gasteiger partial charge in [-0.3, -0.25) is 34.1 Å². The molecule has 0 saturated heterocycles. The Morgan fingerprint density at radius 3 is 2.41 bits per heavy atom. The fourth-order valence-electron chi connectivity index (χ4n) is 6.52. The largest absolute Gasteiger partial charge is 0.505 e. The number of nitro groups is 1. The van der Waals surface area contributed by atoms with Crippen molar-refractivity contribution in [2.75, 3.05) is 29.6 Å². The summed E-state index contributed by atoms with van der Waals surface area (Å²) in [5.41, 5.74) is 1.41. The number of phenolic OH excluding ortho intramolecular Hbond substituents is 1. The molecule has 0 bridgehead atoms. The molecule has 0 heterocycles. The molecule has 6 N–H and O–H groups in total. The molecule has 3 aliphatic rings. The van der Waals surface area contributed by atoms with E-state index < -0.39 is 92.9 Å². The summed E-state index contributed by atoms with van der Waals surface area (Å²) in [6.07, 6.45) is -0.522. The number of nitrogens with one attached hydrogen (secondary N) is 2. The summed E-state index contributed by atoms with van der Waals surface area (Å²) in [6.45, 7) is 0. The zero-order valence-electron chi connectivity index (χ0n) is 23.3. The number of halogens is 1. The summed E-state index contributed by atoms with van der Waals surface area (Å²) < 4.78 is 13.7. The van der Waals surface area contributed by atoms with Gasteiger partial charge in [0.25, 0.3) is 0 Å². The number of phenols is 1. The van der Waals surface area contributed by atoms with Crippen LogP contribution in [-0.4, -0.2) is 69.9 Å². The standard InChI is InChI=1S/C28H26FN5O10/c1-33(2)16-9-15(32-27(41)31-12-3-4-14(29)17(8-12)34(43)44)22(36)20-13(16)6-10-5-11-7-18(35)21(26(30)40)25(39)28(11,42)24(38)19(10)23(20)37/h3-4,8-11,19,21,36,42H,5-7H2,1-2H3,(H2,30,40)(H2,31,32,41)/t10-,11+,19?,21?,28+/m1/s1. The van der Waals surface area contributed by atoms with Gasteiger partial charge in [-0.15, -0.1) is 0 Å². The number of aliphatic hydroxyl groups is 1. The molecule has 2 aromatic carbocycles. The Kier molecular flexibility index (Phi) is 7.20. The molecule has 0 aliphatic heterocycles. The number of carbonyl (C=O) groups excluding carboxylic acids is 6. The van der Waals surface area contributed by atoms with Crippen LogP contribution in [0.2, 0.25) is 0 Å². The van der Waals surface area contributed by atoms with Crippen molar-refractivity contribution in [2.45, 2.75) is 24.9 Å². The van der Waals surface area contributed by atoms with Gasteiger partial charge in [0.15, 0.2) is 34.7 Å². The third kappa shape index (κ3) is 4.54. The van der Waals surface area contributed by atoms with Crippen molar-refractivity contribution in [2.24, 2.45) is 29.4 Å². The number of Topliss-reactive ketones (excluding diaryl/α,β-unsaturated/α-hetero) is 4. The number of nitrogens with two attached hydrogens (primary N) is 1. The molecule has 5 atom stereocenters. The van der Waals surface area contributed by atoms with Gasteiger partial charge in [-0.2, -0.15) is 4.39 Å². The van der Waals surface area contributed by atoms with E-state index in [9.17, 15) is 53.5 Å². The first-order valence-electron chi connectivity index (χ1n) is 13.3. The van der Waals surface area contributed by atoms with E-state index in [1.165, 1.54) is 6.07 Å². The number of carbonyl (C=O) groups is 6. The number of fused-ring (bicyclic) bond motifs is 3. The van der Waals surface area contributed by atoms with Crippen LogP contribution < -0.4 is 21.3 Å². The van der Waals surface area contributed by atoms with Gasteiger partial charge < -0.3 is 31.5 Å². The van der Waals surface area contributed by atoms with Crippen molar-refractivity contribution in [1.82, 2.24) is 0 Å². The fraction of sp³-hybridized carbons (Fsp3) is 0.357. The third-order valence-corrected chi connectivity index (χ3v) is 8.51. The normalized spacial score (nSPS) is 25.8. The topological polar surface area (TPSA) is 239 Å². The molecule has 230 valence electrons. The first-order valence-corrected chi connectivity index (χ1v) is 13.3. The highest BCUT2D eigenvalue weighted by atomic mass is 19.1. The van der Waals surface area contributed by atoms with Crippen LogP contribution >= 0.6 is 0 Å². The number of ketones is 4. The number of urea groups is 1. The maximum Gasteiger partial charge on any atom is 0.323 e. The molecule has 0 radical (unpaired) electrons. The van der Waals surface area contributed by atoms with Crippen molar-refractivity contribution >= 4 is 57.8 Å². The first-order chi connectivity index (χ1) is 20.6. The summed E-state index contributed by atoms with van der Waals surface area (Å²) in [7, 11) is 3.25. The van der Waals surface area contributed by atoms with Gasteiger partial charge in [0.05, 0.1) is 22.1 Å². The van der Waals surface area contributed by atoms with Gasteiger partial charge in [0.1, 0.15) is 5.75 Å². The molecule has 0 aromatic heterocycles. The maximum absolute atomic E-state index is 13.9. The van der Waals surface area contributed by atoms with Gasteiger partial charge >= 0.3 is 11.7 Å². The zero-order chi connectivity index (χ0) is 32.4. The van der Waals surface area contributed by atoms with E-state index in [1.54, 1.807) is 19.0 Å². The minimum Gasteiger partial charge on any atom is -0.505 e. The second-order valence-corrected chi connectivity index (χ2v) is 11.3. The van der Waals surface area contributed by atoms with E-state index in [1.807, 2.05) is 0 Å². The molecule has 2 unspecified atom stereocenters. The molecule has 2 fully saturated rings. The smallest absolute Gasteiger partial charge is 0.323 e. The number of hydrogen-bond acceptors (Lipinski definition) is 11. The number of nitro benzene ring substituents is 1. The zero-order valence-corrected chi connectivity index (χ0v) is 23.3. The molecular formula is C28H26FN5O10. The lowest BCUT2D eigenvalue weighted by atomic mass is 9.53. The fourth-order valence-corrected chi connectivity index (χ4v) is 6.52. The van der Waals surface area contributed by atoms with Crippen LogP contribution in [0.4, 0.5) is 31.9 Å². The van der Waals surface area contributed by atoms with Crippen LogP contribution in [0.1, 0.15) is 28.8 Å². The lowest BCUT2D eigenvalue weighted by Crippen LogP contribution is -2.68. The monoisotopic (exact) mass is 611 g/mol. The van der Waals surface area contributed by atoms with Crippen LogP contribution in [0.25, 0.3) is 0 Å². The molecule has 2 aromatic rings. The van der Waals surface area contributed by atoms with Crippen molar-refractivity contribution in [1.29, 1.82) is 0 Å². The van der Waals surface area contributed by atoms with Gasteiger partial charge in [-0.05, 0) is 42.5 Å². The lowest BCUT2D eigenvalue weighted by Gasteiger charge is -2.48. The van der Waals surface area contributed by atoms with E-state index in [4.69, 9.17) is 5.73 Å². The molecule has 44 heavy (non-hydrogen) atoms. The first kappa shape index (κ1) is 30.2. The Morgan fingerprint density at radius 1 is 1.11 bits per heavy atom. The van der Waals surface area contributed by atoms with Crippen molar-refractivity contribution < 1.29 is 48.3 Å². The van der Waals surface area contributed by atoms with E-state index in [2.05, 4.69) is 10.6 Å². The summed E-state index contributed by atoms with van der Waals surface area (Å²) in [6, 6.07) is 2.97. The Balaban J connectivity index is 1.51. The summed E-state index contributed by atoms with van der Waals surface area (Å²) in [5.74, 6) is -13.1. The number of benzene rings is 2. The Hall–Kier alpha value is -5.25. The Morgan fingerprint density at radius 2 is 1.80 bits per heavy atom. The van der Waals surface area contributed by atoms with E-state index in [0.717, 1.165) is 18.2 Å². The van der Waals surface area contributed by atoms with Crippen LogP contribution in [0.3, 0.4) is 0 Å². The number of hydrogen-bond donors (Lipinski definition) is 5. The second-order valence-electron chi connectivity index (χ2n) is 11.3. The minimum atomic E-state index is -2.81. The highest BCUT2D eigenvalue weighted by molar-refractivity contribution is 6.31. The quantitative estimate of drug-likeness (QED) is 0.139. The summed E-state index contributed by atoms with van der Waals surface area (Å²) in [5, 5.41) is 38.2. The number of anilines is 3. The molecule has 5 rings (SSSR count). The maximum atomic E-state index is 13.9. The van der Waals surface area contributed by atoms with Gasteiger partial charge in [-0.25, -0.2) is 4.79 Å². The number of nitrogens with zero attached hydrogens (tertiary/aromatic N) is 2. The molecule has 16 heteroatoms. The Labute approximate surface area is 247 Å². The molecule has 0 spiro atoms. The van der Waals surface area contributed by atoms with Crippen molar-refractivity contribution in [3.63, 3.8) is 0 Å². The predicted octanol–water partition coefficient (Wildman–Crippen LogP) is 1.08. The van der Waals surface area contributed by atoms with Crippen molar-refractivity contribution in [3.8, 4) is 5.75 Å². The summed E-state index contributed by atoms with van der Waals surface area (Å²) >= 11 is 0. The van der Waals surface area contributed by atoms with Gasteiger partial charge in [0, 0.05) is 43.9 Å². The van der Waals surface area contributed by atoms with E-state index in [-0.39, 0.29) is 29.8 Å². The van der Waals surface area contributed by atoms with Gasteiger partial charge in [0.2, 0.25) is 11.7 Å². The molecule has 2 saturated carbocycles. The number of primary amides is 1. The van der Waals surface area contributed by atoms with Crippen LogP contribution in [0.5, 0.6) is 5.75 Å². The van der Waals surface area contributed by atoms with Crippen LogP contribution in [0, 0.1) is 39.6 Å². The lowest BCUT2D eigenvalue weighted by molar-refractivity contribution is -0.387. The molecule has 3 amide bonds. The van der Waals surface area contributed by atoms with Crippen molar-refractivity contribution in [3.05, 3.63) is 51.3 Å². The molecular weight excluding hydrogens is 585 g/mol. The average Bonchev–Trinajstić information content (AvgIpc) is 2.92. The SMILES string of the molecule is CN(C)c1cc(NC(=O)Nc2ccc(F)c([N+](=O)[O-])c2)c(O)c2c1C[C@H]1C[C@H]3CC(=O)C(C(N)=O)C(=O)[C@@]3(O)C(=O)C1C2=O. The highest BCUT2D eigenvalue weighted by Crippen LogP contribution is 2.52. The minimum absolute atomic E-state index is 0.0263. The third-order valence-electron chi connectivity index (χ3n) is 8.51. The second kappa shape index (κ2) is 10.5. The molecule has 3 aliphatic carbocycles. The highest BCUT2D eigenvalue weighted by Gasteiger charge is 2.66.